The highest BCUT2D eigenvalue weighted by molar-refractivity contribution is 8.00. The highest BCUT2D eigenvalue weighted by atomic mass is 32.2. The Balaban J connectivity index is 1.65. The van der Waals surface area contributed by atoms with Gasteiger partial charge in [0.15, 0.2) is 0 Å². The average Bonchev–Trinajstić information content (AvgIpc) is 3.10. The standard InChI is InChI=1S/C16H16N4O4S2/c1-23-15-10-6-5-9-14(15)20-16(17-18-19-20)25-11-12-26(21,22)24-13-7-3-2-4-8-13/h2-10H,11-12H2,1H3. The Bertz CT molecular complexity index is 961. The molecule has 0 bridgehead atoms. The number of tetrazole rings is 1. The van der Waals surface area contributed by atoms with Crippen LogP contribution in [0, 0.1) is 0 Å². The highest BCUT2D eigenvalue weighted by Gasteiger charge is 2.16. The fourth-order valence-electron chi connectivity index (χ4n) is 2.12. The van der Waals surface area contributed by atoms with Crippen molar-refractivity contribution in [3.05, 3.63) is 54.6 Å². The first-order valence-corrected chi connectivity index (χ1v) is 10.2. The van der Waals surface area contributed by atoms with Crippen molar-refractivity contribution in [3.63, 3.8) is 0 Å². The number of rotatable bonds is 8. The summed E-state index contributed by atoms with van der Waals surface area (Å²) in [7, 11) is -2.14. The quantitative estimate of drug-likeness (QED) is 0.425. The van der Waals surface area contributed by atoms with Crippen molar-refractivity contribution in [2.45, 2.75) is 5.16 Å². The predicted molar refractivity (Wildman–Crippen MR) is 97.3 cm³/mol. The molecular formula is C16H16N4O4S2. The molecule has 0 atom stereocenters. The van der Waals surface area contributed by atoms with Gasteiger partial charge in [-0.05, 0) is 34.7 Å². The molecule has 26 heavy (non-hydrogen) atoms. The largest absolute Gasteiger partial charge is 0.494 e. The number of hydrogen-bond acceptors (Lipinski definition) is 8. The van der Waals surface area contributed by atoms with Crippen LogP contribution in [0.3, 0.4) is 0 Å². The number of nitrogens with zero attached hydrogens (tertiary/aromatic N) is 4. The highest BCUT2D eigenvalue weighted by Crippen LogP contribution is 2.25. The van der Waals surface area contributed by atoms with Gasteiger partial charge in [-0.25, -0.2) is 0 Å². The Morgan fingerprint density at radius 2 is 1.81 bits per heavy atom. The molecule has 0 unspecified atom stereocenters. The summed E-state index contributed by atoms with van der Waals surface area (Å²) in [5.74, 6) is 0.966. The van der Waals surface area contributed by atoms with Crippen molar-refractivity contribution in [2.75, 3.05) is 18.6 Å². The Morgan fingerprint density at radius 3 is 2.58 bits per heavy atom. The lowest BCUT2D eigenvalue weighted by atomic mass is 10.3. The molecule has 0 spiro atoms. The zero-order valence-electron chi connectivity index (χ0n) is 13.8. The zero-order chi connectivity index (χ0) is 18.4. The number of benzene rings is 2. The van der Waals surface area contributed by atoms with E-state index in [0.717, 1.165) is 0 Å². The van der Waals surface area contributed by atoms with Gasteiger partial charge >= 0.3 is 10.1 Å². The number of methoxy groups -OCH3 is 1. The molecule has 1 heterocycles. The molecule has 10 heteroatoms. The summed E-state index contributed by atoms with van der Waals surface area (Å²) in [6, 6.07) is 15.7. The van der Waals surface area contributed by atoms with E-state index in [1.165, 1.54) is 16.4 Å². The SMILES string of the molecule is COc1ccccc1-n1nnnc1SCCS(=O)(=O)Oc1ccccc1. The Morgan fingerprint density at radius 1 is 1.08 bits per heavy atom. The van der Waals surface area contributed by atoms with E-state index in [4.69, 9.17) is 8.92 Å². The van der Waals surface area contributed by atoms with Crippen molar-refractivity contribution in [1.82, 2.24) is 20.2 Å². The number of ether oxygens (including phenoxy) is 1. The minimum Gasteiger partial charge on any atom is -0.494 e. The maximum atomic E-state index is 12.1. The number of hydrogen-bond donors (Lipinski definition) is 0. The van der Waals surface area contributed by atoms with E-state index in [-0.39, 0.29) is 17.3 Å². The Hall–Kier alpha value is -2.59. The number of para-hydroxylation sites is 3. The molecule has 1 aromatic heterocycles. The molecule has 0 aliphatic heterocycles. The van der Waals surface area contributed by atoms with E-state index in [9.17, 15) is 8.42 Å². The molecule has 0 N–H and O–H groups in total. The molecule has 0 saturated carbocycles. The van der Waals surface area contributed by atoms with Crippen LogP contribution < -0.4 is 8.92 Å². The molecule has 3 aromatic rings. The average molecular weight is 392 g/mol. The van der Waals surface area contributed by atoms with E-state index >= 15 is 0 Å². The van der Waals surface area contributed by atoms with Crippen LogP contribution in [0.25, 0.3) is 5.69 Å². The van der Waals surface area contributed by atoms with Crippen LogP contribution in [0.15, 0.2) is 59.8 Å². The van der Waals surface area contributed by atoms with E-state index in [1.807, 2.05) is 18.2 Å². The third-order valence-electron chi connectivity index (χ3n) is 3.29. The van der Waals surface area contributed by atoms with Crippen LogP contribution in [-0.4, -0.2) is 47.2 Å². The summed E-state index contributed by atoms with van der Waals surface area (Å²) in [6.07, 6.45) is 0. The van der Waals surface area contributed by atoms with Crippen LogP contribution in [0.2, 0.25) is 0 Å². The first-order valence-electron chi connectivity index (χ1n) is 7.61. The molecule has 8 nitrogen and oxygen atoms in total. The first kappa shape index (κ1) is 18.2. The molecule has 3 rings (SSSR count). The molecule has 0 radical (unpaired) electrons. The Kier molecular flexibility index (Phi) is 5.74. The van der Waals surface area contributed by atoms with Gasteiger partial charge in [-0.2, -0.15) is 13.1 Å². The monoisotopic (exact) mass is 392 g/mol. The third kappa shape index (κ3) is 4.52. The van der Waals surface area contributed by atoms with Gasteiger partial charge in [0.25, 0.3) is 0 Å². The van der Waals surface area contributed by atoms with Crippen LogP contribution in [-0.2, 0) is 10.1 Å². The molecular weight excluding hydrogens is 376 g/mol. The van der Waals surface area contributed by atoms with Gasteiger partial charge in [-0.15, -0.1) is 5.10 Å². The van der Waals surface area contributed by atoms with Crippen molar-refractivity contribution < 1.29 is 17.3 Å². The van der Waals surface area contributed by atoms with Gasteiger partial charge < -0.3 is 8.92 Å². The number of aromatic nitrogens is 4. The fourth-order valence-corrected chi connectivity index (χ4v) is 4.30. The maximum absolute atomic E-state index is 12.1. The molecule has 2 aromatic carbocycles. The lowest BCUT2D eigenvalue weighted by molar-refractivity contribution is 0.410. The minimum absolute atomic E-state index is 0.175. The van der Waals surface area contributed by atoms with E-state index in [2.05, 4.69) is 15.5 Å². The van der Waals surface area contributed by atoms with Gasteiger partial charge in [-0.1, -0.05) is 42.1 Å². The predicted octanol–water partition coefficient (Wildman–Crippen LogP) is 2.17. The van der Waals surface area contributed by atoms with Crippen LogP contribution in [0.4, 0.5) is 0 Å². The number of thioether (sulfide) groups is 1. The lowest BCUT2D eigenvalue weighted by Crippen LogP contribution is -2.15. The smallest absolute Gasteiger partial charge is 0.310 e. The van der Waals surface area contributed by atoms with Gasteiger partial charge in [0, 0.05) is 5.75 Å². The third-order valence-corrected chi connectivity index (χ3v) is 5.62. The second kappa shape index (κ2) is 8.19. The summed E-state index contributed by atoms with van der Waals surface area (Å²) < 4.78 is 36.0. The van der Waals surface area contributed by atoms with Crippen molar-refractivity contribution in [1.29, 1.82) is 0 Å². The Labute approximate surface area is 155 Å². The van der Waals surface area contributed by atoms with Gasteiger partial charge in [0.2, 0.25) is 5.16 Å². The van der Waals surface area contributed by atoms with Crippen LogP contribution in [0.5, 0.6) is 11.5 Å². The van der Waals surface area contributed by atoms with E-state index in [0.29, 0.717) is 16.6 Å². The summed E-state index contributed by atoms with van der Waals surface area (Å²) in [5.41, 5.74) is 0.672. The molecule has 0 fully saturated rings. The van der Waals surface area contributed by atoms with E-state index in [1.54, 1.807) is 43.5 Å². The second-order valence-corrected chi connectivity index (χ2v) is 7.80. The maximum Gasteiger partial charge on any atom is 0.310 e. The van der Waals surface area contributed by atoms with Crippen molar-refractivity contribution in [2.24, 2.45) is 0 Å². The molecule has 0 aliphatic rings. The summed E-state index contributed by atoms with van der Waals surface area (Å²) in [6.45, 7) is 0. The normalized spacial score (nSPS) is 11.3. The van der Waals surface area contributed by atoms with E-state index < -0.39 is 10.1 Å². The van der Waals surface area contributed by atoms with Crippen molar-refractivity contribution >= 4 is 21.9 Å². The van der Waals surface area contributed by atoms with Crippen molar-refractivity contribution in [3.8, 4) is 17.2 Å². The lowest BCUT2D eigenvalue weighted by Gasteiger charge is -2.09. The molecule has 136 valence electrons. The van der Waals surface area contributed by atoms with Crippen LogP contribution >= 0.6 is 11.8 Å². The molecule has 0 amide bonds. The summed E-state index contributed by atoms with van der Waals surface area (Å²) in [4.78, 5) is 0. The van der Waals surface area contributed by atoms with Gasteiger partial charge in [0.1, 0.15) is 17.2 Å². The second-order valence-electron chi connectivity index (χ2n) is 5.05. The van der Waals surface area contributed by atoms with Gasteiger partial charge in [0.05, 0.1) is 12.9 Å². The van der Waals surface area contributed by atoms with Gasteiger partial charge in [-0.3, -0.25) is 0 Å². The van der Waals surface area contributed by atoms with Crippen LogP contribution in [0.1, 0.15) is 0 Å². The molecule has 0 aliphatic carbocycles. The fraction of sp³-hybridized carbons (Fsp3) is 0.188. The molecule has 0 saturated heterocycles. The minimum atomic E-state index is -3.70. The summed E-state index contributed by atoms with van der Waals surface area (Å²) >= 11 is 1.22. The topological polar surface area (TPSA) is 96.2 Å². The first-order chi connectivity index (χ1) is 12.6. The summed E-state index contributed by atoms with van der Waals surface area (Å²) in [5, 5.41) is 12.0. The zero-order valence-corrected chi connectivity index (χ0v) is 15.5.